The second-order valence-electron chi connectivity index (χ2n) is 4.59. The first-order valence-electron chi connectivity index (χ1n) is 5.98. The van der Waals surface area contributed by atoms with E-state index in [1.165, 1.54) is 6.92 Å². The predicted octanol–water partition coefficient (Wildman–Crippen LogP) is 2.73. The Balaban J connectivity index is 2.16. The van der Waals surface area contributed by atoms with E-state index in [4.69, 9.17) is 11.6 Å². The minimum Gasteiger partial charge on any atom is -0.342 e. The molecule has 1 aromatic rings. The second-order valence-corrected chi connectivity index (χ2v) is 4.92. The van der Waals surface area contributed by atoms with Crippen LogP contribution < -0.4 is 10.2 Å². The molecule has 1 fully saturated rings. The zero-order valence-electron chi connectivity index (χ0n) is 10.8. The van der Waals surface area contributed by atoms with Crippen molar-refractivity contribution in [3.63, 3.8) is 0 Å². The fourth-order valence-electron chi connectivity index (χ4n) is 1.77. The fraction of sp³-hybridized carbons (Fsp3) is 0.700. The zero-order valence-corrected chi connectivity index (χ0v) is 11.5. The summed E-state index contributed by atoms with van der Waals surface area (Å²) in [4.78, 5) is 12.0. The minimum absolute atomic E-state index is 0.180. The van der Waals surface area contributed by atoms with Crippen molar-refractivity contribution in [2.45, 2.75) is 31.5 Å². The van der Waals surface area contributed by atoms with Gasteiger partial charge in [-0.3, -0.25) is 0 Å². The monoisotopic (exact) mass is 331 g/mol. The smallest absolute Gasteiger partial charge is 0.342 e. The molecule has 0 aliphatic carbocycles. The Labute approximate surface area is 121 Å². The quantitative estimate of drug-likeness (QED) is 0.860. The molecule has 1 aromatic heterocycles. The number of hydrogen-bond acceptors (Lipinski definition) is 5. The van der Waals surface area contributed by atoms with E-state index in [0.717, 1.165) is 4.90 Å². The van der Waals surface area contributed by atoms with Crippen LogP contribution in [0.25, 0.3) is 0 Å². The van der Waals surface area contributed by atoms with Crippen molar-refractivity contribution in [2.75, 3.05) is 23.3 Å². The van der Waals surface area contributed by atoms with Gasteiger partial charge in [0, 0.05) is 0 Å². The number of hydrogen-bond donors (Lipinski definition) is 1. The molecule has 0 bridgehead atoms. The van der Waals surface area contributed by atoms with E-state index in [1.54, 1.807) is 0 Å². The van der Waals surface area contributed by atoms with Gasteiger partial charge in [0.25, 0.3) is 5.92 Å². The summed E-state index contributed by atoms with van der Waals surface area (Å²) < 4.78 is 63.6. The standard InChI is InChI=1S/C10H11ClF5N5/c1-2-5(10(14,15)16)17-7-18-6(11)19-8(20-7)21-3-9(12,13)4-21/h5H,2-4H2,1H3,(H,17,18,19,20)/t5-/m1/s1. The molecule has 2 rings (SSSR count). The molecule has 0 spiro atoms. The average molecular weight is 332 g/mol. The molecule has 1 saturated heterocycles. The molecule has 1 aliphatic rings. The van der Waals surface area contributed by atoms with Gasteiger partial charge >= 0.3 is 6.18 Å². The van der Waals surface area contributed by atoms with Gasteiger partial charge in [-0.1, -0.05) is 6.92 Å². The van der Waals surface area contributed by atoms with Gasteiger partial charge in [-0.25, -0.2) is 8.78 Å². The van der Waals surface area contributed by atoms with Crippen LogP contribution in [0.4, 0.5) is 33.8 Å². The van der Waals surface area contributed by atoms with Crippen molar-refractivity contribution in [3.05, 3.63) is 5.28 Å². The Morgan fingerprint density at radius 3 is 2.38 bits per heavy atom. The molecule has 0 saturated carbocycles. The lowest BCUT2D eigenvalue weighted by atomic mass is 10.2. The van der Waals surface area contributed by atoms with Crippen LogP contribution in [0.1, 0.15) is 13.3 Å². The first-order valence-corrected chi connectivity index (χ1v) is 6.36. The fourth-order valence-corrected chi connectivity index (χ4v) is 1.93. The van der Waals surface area contributed by atoms with Crippen molar-refractivity contribution in [1.82, 2.24) is 15.0 Å². The highest BCUT2D eigenvalue weighted by Gasteiger charge is 2.45. The lowest BCUT2D eigenvalue weighted by molar-refractivity contribution is -0.143. The van der Waals surface area contributed by atoms with Crippen LogP contribution in [0.2, 0.25) is 5.28 Å². The van der Waals surface area contributed by atoms with Crippen LogP contribution in [0.3, 0.4) is 0 Å². The molecular weight excluding hydrogens is 321 g/mol. The third kappa shape index (κ3) is 3.80. The lowest BCUT2D eigenvalue weighted by Crippen LogP contribution is -2.57. The Bertz CT molecular complexity index is 515. The van der Waals surface area contributed by atoms with Crippen LogP contribution in [-0.2, 0) is 0 Å². The second kappa shape index (κ2) is 5.39. The molecular formula is C10H11ClF5N5. The van der Waals surface area contributed by atoms with E-state index in [1.807, 2.05) is 0 Å². The molecule has 2 heterocycles. The maximum atomic E-state index is 12.8. The predicted molar refractivity (Wildman–Crippen MR) is 65.8 cm³/mol. The van der Waals surface area contributed by atoms with Crippen LogP contribution in [0.5, 0.6) is 0 Å². The highest BCUT2D eigenvalue weighted by atomic mass is 35.5. The zero-order chi connectivity index (χ0) is 15.8. The number of anilines is 2. The highest BCUT2D eigenvalue weighted by Crippen LogP contribution is 2.31. The number of halogens is 6. The molecule has 0 unspecified atom stereocenters. The summed E-state index contributed by atoms with van der Waals surface area (Å²) in [6.45, 7) is 0.122. The summed E-state index contributed by atoms with van der Waals surface area (Å²) in [6.07, 6.45) is -4.73. The molecule has 1 aliphatic heterocycles. The third-order valence-corrected chi connectivity index (χ3v) is 3.00. The molecule has 21 heavy (non-hydrogen) atoms. The van der Waals surface area contributed by atoms with E-state index in [-0.39, 0.29) is 17.7 Å². The molecule has 0 radical (unpaired) electrons. The van der Waals surface area contributed by atoms with Gasteiger partial charge in [-0.15, -0.1) is 0 Å². The van der Waals surface area contributed by atoms with Crippen molar-refractivity contribution in [1.29, 1.82) is 0 Å². The van der Waals surface area contributed by atoms with Crippen LogP contribution in [-0.4, -0.2) is 46.2 Å². The summed E-state index contributed by atoms with van der Waals surface area (Å²) in [7, 11) is 0. The van der Waals surface area contributed by atoms with Crippen molar-refractivity contribution in [3.8, 4) is 0 Å². The van der Waals surface area contributed by atoms with E-state index in [2.05, 4.69) is 20.3 Å². The molecule has 1 N–H and O–H groups in total. The summed E-state index contributed by atoms with van der Waals surface area (Å²) in [5.41, 5.74) is 0. The highest BCUT2D eigenvalue weighted by molar-refractivity contribution is 6.28. The van der Waals surface area contributed by atoms with E-state index in [9.17, 15) is 22.0 Å². The Kier molecular flexibility index (Phi) is 4.09. The average Bonchev–Trinajstić information content (AvgIpc) is 2.30. The molecule has 0 aromatic carbocycles. The SMILES string of the molecule is CC[C@@H](Nc1nc(Cl)nc(N2CC(F)(F)C2)n1)C(F)(F)F. The third-order valence-electron chi connectivity index (χ3n) is 2.83. The van der Waals surface area contributed by atoms with Crippen molar-refractivity contribution >= 4 is 23.5 Å². The number of rotatable bonds is 4. The lowest BCUT2D eigenvalue weighted by Gasteiger charge is -2.38. The Morgan fingerprint density at radius 1 is 1.29 bits per heavy atom. The Morgan fingerprint density at radius 2 is 1.90 bits per heavy atom. The van der Waals surface area contributed by atoms with Gasteiger partial charge < -0.3 is 10.2 Å². The first kappa shape index (κ1) is 15.9. The molecule has 5 nitrogen and oxygen atoms in total. The Hall–Kier alpha value is -1.45. The van der Waals surface area contributed by atoms with Gasteiger partial charge in [0.05, 0.1) is 13.1 Å². The van der Waals surface area contributed by atoms with Crippen LogP contribution >= 0.6 is 11.6 Å². The maximum Gasteiger partial charge on any atom is 0.408 e. The van der Waals surface area contributed by atoms with E-state index in [0.29, 0.717) is 0 Å². The van der Waals surface area contributed by atoms with Gasteiger partial charge in [-0.05, 0) is 18.0 Å². The largest absolute Gasteiger partial charge is 0.408 e. The number of alkyl halides is 5. The molecule has 11 heteroatoms. The van der Waals surface area contributed by atoms with Gasteiger partial charge in [-0.2, -0.15) is 28.1 Å². The number of nitrogens with zero attached hydrogens (tertiary/aromatic N) is 4. The van der Waals surface area contributed by atoms with Gasteiger partial charge in [0.1, 0.15) is 6.04 Å². The van der Waals surface area contributed by atoms with E-state index < -0.39 is 37.2 Å². The van der Waals surface area contributed by atoms with Crippen molar-refractivity contribution < 1.29 is 22.0 Å². The normalized spacial score (nSPS) is 19.1. The van der Waals surface area contributed by atoms with Crippen molar-refractivity contribution in [2.24, 2.45) is 0 Å². The van der Waals surface area contributed by atoms with Crippen LogP contribution in [0.15, 0.2) is 0 Å². The van der Waals surface area contributed by atoms with Gasteiger partial charge in [0.15, 0.2) is 0 Å². The molecule has 118 valence electrons. The maximum absolute atomic E-state index is 12.8. The summed E-state index contributed by atoms with van der Waals surface area (Å²) >= 11 is 5.59. The minimum atomic E-state index is -4.49. The van der Waals surface area contributed by atoms with Gasteiger partial charge in [0.2, 0.25) is 17.2 Å². The molecule has 0 amide bonds. The number of aromatic nitrogens is 3. The summed E-state index contributed by atoms with van der Waals surface area (Å²) in [6, 6.07) is -1.86. The topological polar surface area (TPSA) is 53.9 Å². The summed E-state index contributed by atoms with van der Waals surface area (Å²) in [5.74, 6) is -3.44. The van der Waals surface area contributed by atoms with E-state index >= 15 is 0 Å². The number of nitrogens with one attached hydrogen (secondary N) is 1. The first-order chi connectivity index (χ1) is 9.60. The summed E-state index contributed by atoms with van der Waals surface area (Å²) in [5, 5.41) is 1.72. The van der Waals surface area contributed by atoms with Crippen LogP contribution in [0, 0.1) is 0 Å². The molecule has 1 atom stereocenters.